The summed E-state index contributed by atoms with van der Waals surface area (Å²) in [4.78, 5) is 10.8. The Kier molecular flexibility index (Phi) is 3.90. The average molecular weight is 299 g/mol. The van der Waals surface area contributed by atoms with E-state index in [1.807, 2.05) is 0 Å². The molecule has 0 aromatic heterocycles. The Bertz CT molecular complexity index is 686. The fraction of sp³-hybridized carbons (Fsp3) is 0.0714. The first-order valence-electron chi connectivity index (χ1n) is 5.50. The Morgan fingerprint density at radius 2 is 1.85 bits per heavy atom. The summed E-state index contributed by atoms with van der Waals surface area (Å²) in [6, 6.07) is 5.77. The minimum Gasteiger partial charge on any atom is -0.497 e. The summed E-state index contributed by atoms with van der Waals surface area (Å²) >= 11 is 5.91. The number of ether oxygens (including phenoxy) is 1. The molecule has 0 aliphatic rings. The van der Waals surface area contributed by atoms with E-state index in [4.69, 9.17) is 21.4 Å². The molecule has 6 heteroatoms. The Balaban J connectivity index is 2.64. The smallest absolute Gasteiger partial charge is 0.338 e. The molecule has 0 amide bonds. The number of carboxylic acids is 1. The summed E-state index contributed by atoms with van der Waals surface area (Å²) < 4.78 is 32.5. The van der Waals surface area contributed by atoms with Crippen molar-refractivity contribution in [1.82, 2.24) is 0 Å². The van der Waals surface area contributed by atoms with Crippen LogP contribution < -0.4 is 4.74 Å². The second-order valence-corrected chi connectivity index (χ2v) is 4.37. The highest BCUT2D eigenvalue weighted by molar-refractivity contribution is 6.33. The van der Waals surface area contributed by atoms with Crippen LogP contribution in [0.1, 0.15) is 10.4 Å². The zero-order chi connectivity index (χ0) is 14.9. The highest BCUT2D eigenvalue weighted by Gasteiger charge is 2.17. The number of benzene rings is 2. The van der Waals surface area contributed by atoms with Crippen molar-refractivity contribution >= 4 is 17.6 Å². The van der Waals surface area contributed by atoms with Gasteiger partial charge in [-0.05, 0) is 30.3 Å². The molecule has 0 saturated carbocycles. The molecular formula is C14H9ClF2O3. The van der Waals surface area contributed by atoms with Crippen molar-refractivity contribution in [3.63, 3.8) is 0 Å². The molecule has 0 radical (unpaired) electrons. The van der Waals surface area contributed by atoms with Gasteiger partial charge in [0.05, 0.1) is 12.7 Å². The van der Waals surface area contributed by atoms with E-state index < -0.39 is 23.2 Å². The van der Waals surface area contributed by atoms with Crippen molar-refractivity contribution in [3.8, 4) is 16.9 Å². The zero-order valence-electron chi connectivity index (χ0n) is 10.3. The van der Waals surface area contributed by atoms with Gasteiger partial charge >= 0.3 is 5.97 Å². The Morgan fingerprint density at radius 3 is 2.45 bits per heavy atom. The van der Waals surface area contributed by atoms with Crippen LogP contribution >= 0.6 is 11.6 Å². The maximum Gasteiger partial charge on any atom is 0.338 e. The molecule has 0 saturated heterocycles. The number of carboxylic acid groups (broad SMARTS) is 1. The average Bonchev–Trinajstić information content (AvgIpc) is 2.41. The lowest BCUT2D eigenvalue weighted by molar-refractivity contribution is 0.0692. The highest BCUT2D eigenvalue weighted by Crippen LogP contribution is 2.34. The standard InChI is InChI=1S/C14H9ClF2O3/c1-20-7-2-3-12(16)9(4-7)8-6-13(17)10(14(18)19)5-11(8)15/h2-6H,1H3,(H,18,19). The van der Waals surface area contributed by atoms with Gasteiger partial charge in [-0.15, -0.1) is 0 Å². The first-order chi connectivity index (χ1) is 9.43. The zero-order valence-corrected chi connectivity index (χ0v) is 11.0. The third kappa shape index (κ3) is 2.58. The van der Waals surface area contributed by atoms with Gasteiger partial charge in [0.25, 0.3) is 0 Å². The van der Waals surface area contributed by atoms with Crippen LogP contribution in [0.4, 0.5) is 8.78 Å². The molecule has 2 aromatic carbocycles. The fourth-order valence-electron chi connectivity index (χ4n) is 1.75. The lowest BCUT2D eigenvalue weighted by atomic mass is 10.0. The van der Waals surface area contributed by atoms with Crippen molar-refractivity contribution in [1.29, 1.82) is 0 Å². The van der Waals surface area contributed by atoms with Crippen LogP contribution in [0, 0.1) is 11.6 Å². The molecule has 2 rings (SSSR count). The Hall–Kier alpha value is -2.14. The van der Waals surface area contributed by atoms with Crippen molar-refractivity contribution < 1.29 is 23.4 Å². The van der Waals surface area contributed by atoms with Gasteiger partial charge in [0.2, 0.25) is 0 Å². The third-order valence-electron chi connectivity index (χ3n) is 2.75. The van der Waals surface area contributed by atoms with Crippen LogP contribution in [-0.4, -0.2) is 18.2 Å². The predicted octanol–water partition coefficient (Wildman–Crippen LogP) is 3.99. The number of methoxy groups -OCH3 is 1. The first-order valence-corrected chi connectivity index (χ1v) is 5.88. The van der Waals surface area contributed by atoms with Gasteiger partial charge in [-0.25, -0.2) is 13.6 Å². The van der Waals surface area contributed by atoms with Gasteiger partial charge in [-0.3, -0.25) is 0 Å². The Morgan fingerprint density at radius 1 is 1.15 bits per heavy atom. The number of hydrogen-bond acceptors (Lipinski definition) is 2. The SMILES string of the molecule is COc1ccc(F)c(-c2cc(F)c(C(=O)O)cc2Cl)c1. The first kappa shape index (κ1) is 14.3. The molecule has 3 nitrogen and oxygen atoms in total. The Labute approximate surface area is 118 Å². The molecule has 2 aromatic rings. The molecule has 0 fully saturated rings. The quantitative estimate of drug-likeness (QED) is 0.932. The largest absolute Gasteiger partial charge is 0.497 e. The number of halogens is 3. The minimum atomic E-state index is -1.44. The van der Waals surface area contributed by atoms with Crippen LogP contribution in [0.5, 0.6) is 5.75 Å². The van der Waals surface area contributed by atoms with Crippen molar-refractivity contribution in [2.75, 3.05) is 7.11 Å². The van der Waals surface area contributed by atoms with E-state index in [0.717, 1.165) is 18.2 Å². The maximum absolute atomic E-state index is 13.8. The van der Waals surface area contributed by atoms with Crippen molar-refractivity contribution in [2.24, 2.45) is 0 Å². The molecule has 20 heavy (non-hydrogen) atoms. The second kappa shape index (κ2) is 5.46. The number of aromatic carboxylic acids is 1. The van der Waals surface area contributed by atoms with E-state index in [2.05, 4.69) is 0 Å². The molecule has 0 bridgehead atoms. The second-order valence-electron chi connectivity index (χ2n) is 3.96. The summed E-state index contributed by atoms with van der Waals surface area (Å²) in [6.45, 7) is 0. The van der Waals surface area contributed by atoms with Gasteiger partial charge in [0, 0.05) is 16.1 Å². The van der Waals surface area contributed by atoms with Crippen molar-refractivity contribution in [2.45, 2.75) is 0 Å². The van der Waals surface area contributed by atoms with E-state index in [1.165, 1.54) is 19.2 Å². The number of carbonyl (C=O) groups is 1. The summed E-state index contributed by atoms with van der Waals surface area (Å²) in [7, 11) is 1.41. The maximum atomic E-state index is 13.8. The molecule has 0 unspecified atom stereocenters. The lowest BCUT2D eigenvalue weighted by Gasteiger charge is -2.09. The van der Waals surface area contributed by atoms with Crippen LogP contribution in [0.25, 0.3) is 11.1 Å². The molecule has 0 heterocycles. The minimum absolute atomic E-state index is 0.0326. The molecule has 0 aliphatic heterocycles. The molecule has 1 N–H and O–H groups in total. The van der Waals surface area contributed by atoms with Crippen LogP contribution in [0.15, 0.2) is 30.3 Å². The van der Waals surface area contributed by atoms with Gasteiger partial charge in [-0.1, -0.05) is 11.6 Å². The molecular weight excluding hydrogens is 290 g/mol. The van der Waals surface area contributed by atoms with E-state index in [-0.39, 0.29) is 16.1 Å². The van der Waals surface area contributed by atoms with Crippen molar-refractivity contribution in [3.05, 3.63) is 52.6 Å². The van der Waals surface area contributed by atoms with Gasteiger partial charge in [0.1, 0.15) is 17.4 Å². The molecule has 104 valence electrons. The molecule has 0 aliphatic carbocycles. The number of rotatable bonds is 3. The van der Waals surface area contributed by atoms with E-state index in [0.29, 0.717) is 5.75 Å². The fourth-order valence-corrected chi connectivity index (χ4v) is 2.02. The third-order valence-corrected chi connectivity index (χ3v) is 3.06. The van der Waals surface area contributed by atoms with Gasteiger partial charge in [0.15, 0.2) is 0 Å². The van der Waals surface area contributed by atoms with Gasteiger partial charge < -0.3 is 9.84 Å². The highest BCUT2D eigenvalue weighted by atomic mass is 35.5. The summed E-state index contributed by atoms with van der Waals surface area (Å²) in [5, 5.41) is 8.74. The van der Waals surface area contributed by atoms with E-state index in [1.54, 1.807) is 0 Å². The lowest BCUT2D eigenvalue weighted by Crippen LogP contribution is -2.01. The predicted molar refractivity (Wildman–Crippen MR) is 70.3 cm³/mol. The molecule has 0 atom stereocenters. The monoisotopic (exact) mass is 298 g/mol. The van der Waals surface area contributed by atoms with Gasteiger partial charge in [-0.2, -0.15) is 0 Å². The van der Waals surface area contributed by atoms with Crippen LogP contribution in [-0.2, 0) is 0 Å². The molecule has 0 spiro atoms. The summed E-state index contributed by atoms with van der Waals surface area (Å²) in [5.41, 5.74) is -0.474. The normalized spacial score (nSPS) is 10.4. The van der Waals surface area contributed by atoms with E-state index in [9.17, 15) is 13.6 Å². The van der Waals surface area contributed by atoms with E-state index >= 15 is 0 Å². The van der Waals surface area contributed by atoms with Crippen LogP contribution in [0.2, 0.25) is 5.02 Å². The summed E-state index contributed by atoms with van der Waals surface area (Å²) in [6.07, 6.45) is 0. The topological polar surface area (TPSA) is 46.5 Å². The number of hydrogen-bond donors (Lipinski definition) is 1. The summed E-state index contributed by atoms with van der Waals surface area (Å²) in [5.74, 6) is -2.67. The van der Waals surface area contributed by atoms with Crippen LogP contribution in [0.3, 0.4) is 0 Å².